The minimum Gasteiger partial charge on any atom is -0.497 e. The van der Waals surface area contributed by atoms with Gasteiger partial charge in [0, 0.05) is 25.1 Å². The number of Topliss-reactive ketones (excluding diaryl/α,β-unsaturated/α-hetero) is 1. The van der Waals surface area contributed by atoms with Crippen molar-refractivity contribution in [2.45, 2.75) is 4.90 Å². The zero-order valence-corrected chi connectivity index (χ0v) is 17.6. The minimum atomic E-state index is -0.633. The van der Waals surface area contributed by atoms with Gasteiger partial charge in [0.25, 0.3) is 0 Å². The lowest BCUT2D eigenvalue weighted by Gasteiger charge is -2.12. The first-order valence-electron chi connectivity index (χ1n) is 8.71. The standard InChI is InChI=1S/C21H23NO6S/c1-22(2)20(24)13-29-19-8-6-5-7-16(19)21(25)28-12-17(23)15-10-9-14(26-3)11-18(15)27-4/h5-11H,12-13H2,1-4H3. The molecule has 0 aliphatic rings. The predicted molar refractivity (Wildman–Crippen MR) is 110 cm³/mol. The molecule has 0 fully saturated rings. The summed E-state index contributed by atoms with van der Waals surface area (Å²) >= 11 is 1.24. The molecule has 0 atom stereocenters. The zero-order chi connectivity index (χ0) is 21.4. The largest absolute Gasteiger partial charge is 0.497 e. The van der Waals surface area contributed by atoms with E-state index in [1.807, 2.05) is 0 Å². The number of carbonyl (C=O) groups excluding carboxylic acids is 3. The van der Waals surface area contributed by atoms with Crippen LogP contribution in [0.1, 0.15) is 20.7 Å². The van der Waals surface area contributed by atoms with Crippen molar-refractivity contribution >= 4 is 29.4 Å². The van der Waals surface area contributed by atoms with Crippen LogP contribution >= 0.6 is 11.8 Å². The Morgan fingerprint density at radius 3 is 2.34 bits per heavy atom. The van der Waals surface area contributed by atoms with Gasteiger partial charge >= 0.3 is 5.97 Å². The van der Waals surface area contributed by atoms with Gasteiger partial charge in [0.05, 0.1) is 31.1 Å². The number of thioether (sulfide) groups is 1. The van der Waals surface area contributed by atoms with Crippen LogP contribution in [0.5, 0.6) is 11.5 Å². The molecule has 0 N–H and O–H groups in total. The third kappa shape index (κ3) is 5.99. The summed E-state index contributed by atoms with van der Waals surface area (Å²) in [6.07, 6.45) is 0. The van der Waals surface area contributed by atoms with E-state index in [1.165, 1.54) is 30.9 Å². The van der Waals surface area contributed by atoms with E-state index in [0.29, 0.717) is 27.5 Å². The van der Waals surface area contributed by atoms with Gasteiger partial charge in [-0.1, -0.05) is 12.1 Å². The molecule has 154 valence electrons. The molecule has 0 spiro atoms. The highest BCUT2D eigenvalue weighted by atomic mass is 32.2. The smallest absolute Gasteiger partial charge is 0.339 e. The molecule has 0 bridgehead atoms. The molecule has 8 heteroatoms. The van der Waals surface area contributed by atoms with Crippen molar-refractivity contribution < 1.29 is 28.6 Å². The molecule has 0 unspecified atom stereocenters. The lowest BCUT2D eigenvalue weighted by atomic mass is 10.1. The maximum Gasteiger partial charge on any atom is 0.339 e. The number of rotatable bonds is 9. The van der Waals surface area contributed by atoms with Crippen molar-refractivity contribution in [3.63, 3.8) is 0 Å². The molecule has 0 saturated heterocycles. The molecule has 29 heavy (non-hydrogen) atoms. The number of nitrogens with zero attached hydrogens (tertiary/aromatic N) is 1. The third-order valence-corrected chi connectivity index (χ3v) is 5.06. The van der Waals surface area contributed by atoms with Crippen molar-refractivity contribution in [1.29, 1.82) is 0 Å². The molecule has 0 radical (unpaired) electrons. The van der Waals surface area contributed by atoms with Gasteiger partial charge < -0.3 is 19.1 Å². The molecule has 0 heterocycles. The van der Waals surface area contributed by atoms with Gasteiger partial charge in [0.2, 0.25) is 11.7 Å². The Balaban J connectivity index is 2.06. The van der Waals surface area contributed by atoms with Gasteiger partial charge in [-0.15, -0.1) is 11.8 Å². The van der Waals surface area contributed by atoms with E-state index in [1.54, 1.807) is 56.6 Å². The highest BCUT2D eigenvalue weighted by Crippen LogP contribution is 2.26. The van der Waals surface area contributed by atoms with Crippen LogP contribution in [0, 0.1) is 0 Å². The summed E-state index contributed by atoms with van der Waals surface area (Å²) < 4.78 is 15.5. The lowest BCUT2D eigenvalue weighted by molar-refractivity contribution is -0.125. The van der Waals surface area contributed by atoms with Gasteiger partial charge in [0.15, 0.2) is 6.61 Å². The summed E-state index contributed by atoms with van der Waals surface area (Å²) in [5, 5.41) is 0. The fraction of sp³-hybridized carbons (Fsp3) is 0.286. The van der Waals surface area contributed by atoms with Crippen molar-refractivity contribution in [2.75, 3.05) is 40.7 Å². The van der Waals surface area contributed by atoms with E-state index in [9.17, 15) is 14.4 Å². The van der Waals surface area contributed by atoms with Crippen molar-refractivity contribution in [1.82, 2.24) is 4.90 Å². The SMILES string of the molecule is COc1ccc(C(=O)COC(=O)c2ccccc2SCC(=O)N(C)C)c(OC)c1. The monoisotopic (exact) mass is 417 g/mol. The first kappa shape index (κ1) is 22.3. The van der Waals surface area contributed by atoms with Gasteiger partial charge in [-0.25, -0.2) is 4.79 Å². The number of hydrogen-bond donors (Lipinski definition) is 0. The van der Waals surface area contributed by atoms with Gasteiger partial charge in [-0.05, 0) is 24.3 Å². The number of methoxy groups -OCH3 is 2. The van der Waals surface area contributed by atoms with E-state index in [0.717, 1.165) is 0 Å². The van der Waals surface area contributed by atoms with Crippen molar-refractivity contribution in [3.8, 4) is 11.5 Å². The minimum absolute atomic E-state index is 0.0695. The molecule has 0 saturated carbocycles. The Morgan fingerprint density at radius 2 is 1.69 bits per heavy atom. The zero-order valence-electron chi connectivity index (χ0n) is 16.8. The quantitative estimate of drug-likeness (QED) is 0.352. The molecular formula is C21H23NO6S. The van der Waals surface area contributed by atoms with Crippen molar-refractivity contribution in [2.24, 2.45) is 0 Å². The molecule has 2 rings (SSSR count). The number of amides is 1. The van der Waals surface area contributed by atoms with Crippen LogP contribution in [0.4, 0.5) is 0 Å². The Kier molecular flexibility index (Phi) is 8.09. The first-order chi connectivity index (χ1) is 13.9. The van der Waals surface area contributed by atoms with Crippen LogP contribution in [0.15, 0.2) is 47.4 Å². The number of esters is 1. The van der Waals surface area contributed by atoms with Crippen LogP contribution in [-0.4, -0.2) is 63.2 Å². The van der Waals surface area contributed by atoms with Crippen LogP contribution in [-0.2, 0) is 9.53 Å². The Hall–Kier alpha value is -3.00. The molecule has 2 aromatic carbocycles. The van der Waals surface area contributed by atoms with E-state index < -0.39 is 18.4 Å². The maximum atomic E-state index is 12.5. The normalized spacial score (nSPS) is 10.2. The molecule has 0 aliphatic heterocycles. The van der Waals surface area contributed by atoms with Gasteiger partial charge in [-0.2, -0.15) is 0 Å². The average Bonchev–Trinajstić information content (AvgIpc) is 2.74. The van der Waals surface area contributed by atoms with Crippen LogP contribution in [0.2, 0.25) is 0 Å². The predicted octanol–water partition coefficient (Wildman–Crippen LogP) is 2.92. The highest BCUT2D eigenvalue weighted by molar-refractivity contribution is 8.00. The summed E-state index contributed by atoms with van der Waals surface area (Å²) in [4.78, 5) is 38.9. The fourth-order valence-corrected chi connectivity index (χ4v) is 3.36. The summed E-state index contributed by atoms with van der Waals surface area (Å²) in [5.41, 5.74) is 0.596. The first-order valence-corrected chi connectivity index (χ1v) is 9.70. The second kappa shape index (κ2) is 10.5. The number of benzene rings is 2. The fourth-order valence-electron chi connectivity index (χ4n) is 2.35. The molecule has 2 aromatic rings. The van der Waals surface area contributed by atoms with E-state index in [2.05, 4.69) is 0 Å². The molecule has 0 aliphatic carbocycles. The van der Waals surface area contributed by atoms with Gasteiger partial charge in [-0.3, -0.25) is 9.59 Å². The molecule has 1 amide bonds. The summed E-state index contributed by atoms with van der Waals surface area (Å²) in [6.45, 7) is -0.433. The Labute approximate surface area is 173 Å². The number of carbonyl (C=O) groups is 3. The molecule has 0 aromatic heterocycles. The van der Waals surface area contributed by atoms with Crippen molar-refractivity contribution in [3.05, 3.63) is 53.6 Å². The lowest BCUT2D eigenvalue weighted by Crippen LogP contribution is -2.23. The summed E-state index contributed by atoms with van der Waals surface area (Å²) in [5.74, 6) is -0.0201. The van der Waals surface area contributed by atoms with E-state index >= 15 is 0 Å². The van der Waals surface area contributed by atoms with E-state index in [4.69, 9.17) is 14.2 Å². The van der Waals surface area contributed by atoms with Crippen LogP contribution < -0.4 is 9.47 Å². The topological polar surface area (TPSA) is 82.1 Å². The Morgan fingerprint density at radius 1 is 0.966 bits per heavy atom. The number of ether oxygens (including phenoxy) is 3. The maximum absolute atomic E-state index is 12.5. The molecule has 7 nitrogen and oxygen atoms in total. The summed E-state index contributed by atoms with van der Waals surface area (Å²) in [7, 11) is 6.30. The second-order valence-corrected chi connectivity index (χ2v) is 7.16. The Bertz CT molecular complexity index is 896. The average molecular weight is 417 g/mol. The second-order valence-electron chi connectivity index (χ2n) is 6.14. The number of ketones is 1. The number of hydrogen-bond acceptors (Lipinski definition) is 7. The third-order valence-electron chi connectivity index (χ3n) is 4.00. The van der Waals surface area contributed by atoms with Crippen LogP contribution in [0.25, 0.3) is 0 Å². The van der Waals surface area contributed by atoms with E-state index in [-0.39, 0.29) is 11.7 Å². The van der Waals surface area contributed by atoms with Crippen LogP contribution in [0.3, 0.4) is 0 Å². The van der Waals surface area contributed by atoms with Gasteiger partial charge in [0.1, 0.15) is 11.5 Å². The highest BCUT2D eigenvalue weighted by Gasteiger charge is 2.18. The molecular weight excluding hydrogens is 394 g/mol. The summed E-state index contributed by atoms with van der Waals surface area (Å²) in [6, 6.07) is 11.6.